The Labute approximate surface area is 219 Å². The first-order valence-electron chi connectivity index (χ1n) is 11.7. The molecular formula is C25H30Cl2O9. The molecule has 3 rings (SSSR count). The van der Waals surface area contributed by atoms with E-state index in [2.05, 4.69) is 0 Å². The summed E-state index contributed by atoms with van der Waals surface area (Å²) >= 11 is 12.0. The van der Waals surface area contributed by atoms with Crippen molar-refractivity contribution in [3.05, 3.63) is 33.8 Å². The maximum absolute atomic E-state index is 12.9. The second kappa shape index (κ2) is 12.3. The van der Waals surface area contributed by atoms with E-state index in [9.17, 15) is 19.2 Å². The lowest BCUT2D eigenvalue weighted by Crippen LogP contribution is -2.34. The molecule has 0 amide bonds. The van der Waals surface area contributed by atoms with Gasteiger partial charge in [-0.3, -0.25) is 19.2 Å². The molecule has 0 bridgehead atoms. The second-order valence-electron chi connectivity index (χ2n) is 9.52. The number of ether oxygens (including phenoxy) is 5. The summed E-state index contributed by atoms with van der Waals surface area (Å²) in [6, 6.07) is 5.10. The minimum absolute atomic E-state index is 0.145. The zero-order chi connectivity index (χ0) is 26.6. The number of fused-ring (bicyclic) bond motifs is 1. The third kappa shape index (κ3) is 6.89. The molecule has 0 N–H and O–H groups in total. The summed E-state index contributed by atoms with van der Waals surface area (Å²) in [6.07, 6.45) is -0.0890. The number of halogens is 2. The van der Waals surface area contributed by atoms with Crippen LogP contribution in [0.25, 0.3) is 0 Å². The molecule has 2 saturated carbocycles. The van der Waals surface area contributed by atoms with Gasteiger partial charge in [0.2, 0.25) is 13.6 Å². The summed E-state index contributed by atoms with van der Waals surface area (Å²) in [5.74, 6) is -4.66. The van der Waals surface area contributed by atoms with E-state index in [4.69, 9.17) is 46.9 Å². The Kier molecular flexibility index (Phi) is 9.60. The molecule has 1 aromatic carbocycles. The summed E-state index contributed by atoms with van der Waals surface area (Å²) in [6.45, 7) is 5.83. The normalized spacial score (nSPS) is 24.3. The fraction of sp³-hybridized carbons (Fsp3) is 0.600. The second-order valence-corrected chi connectivity index (χ2v) is 10.3. The van der Waals surface area contributed by atoms with Crippen molar-refractivity contribution < 1.29 is 42.9 Å². The molecular weight excluding hydrogens is 515 g/mol. The molecule has 2 fully saturated rings. The van der Waals surface area contributed by atoms with Crippen molar-refractivity contribution in [3.8, 4) is 0 Å². The van der Waals surface area contributed by atoms with Gasteiger partial charge in [0, 0.05) is 0 Å². The number of esters is 4. The SMILES string of the molecule is CC(C)C(=O)OCOC(=O)[C@H]1C2C[C@@H](OCc3ccc(Cl)c(Cl)c3)[C@@H](C(=O)OCOC(=O)C(C)C)C21. The van der Waals surface area contributed by atoms with Gasteiger partial charge in [0.1, 0.15) is 0 Å². The minimum atomic E-state index is -0.758. The van der Waals surface area contributed by atoms with Gasteiger partial charge < -0.3 is 23.7 Å². The molecule has 0 heterocycles. The molecule has 9 nitrogen and oxygen atoms in total. The van der Waals surface area contributed by atoms with Crippen molar-refractivity contribution >= 4 is 47.1 Å². The predicted octanol–water partition coefficient (Wildman–Crippen LogP) is 4.16. The van der Waals surface area contributed by atoms with Gasteiger partial charge >= 0.3 is 23.9 Å². The topological polar surface area (TPSA) is 114 Å². The Balaban J connectivity index is 1.61. The number of benzene rings is 1. The highest BCUT2D eigenvalue weighted by molar-refractivity contribution is 6.42. The van der Waals surface area contributed by atoms with Crippen LogP contribution >= 0.6 is 23.2 Å². The van der Waals surface area contributed by atoms with E-state index in [0.717, 1.165) is 5.56 Å². The van der Waals surface area contributed by atoms with Gasteiger partial charge in [0.05, 0.1) is 46.4 Å². The van der Waals surface area contributed by atoms with E-state index in [1.54, 1.807) is 45.9 Å². The van der Waals surface area contributed by atoms with E-state index in [1.807, 2.05) is 0 Å². The quantitative estimate of drug-likeness (QED) is 0.299. The maximum Gasteiger partial charge on any atom is 0.314 e. The number of hydrogen-bond donors (Lipinski definition) is 0. The Morgan fingerprint density at radius 3 is 1.92 bits per heavy atom. The van der Waals surface area contributed by atoms with E-state index in [-0.39, 0.29) is 30.3 Å². The maximum atomic E-state index is 12.9. The molecule has 5 atom stereocenters. The predicted molar refractivity (Wildman–Crippen MR) is 127 cm³/mol. The van der Waals surface area contributed by atoms with Crippen LogP contribution < -0.4 is 0 Å². The van der Waals surface area contributed by atoms with Crippen LogP contribution in [0.5, 0.6) is 0 Å². The fourth-order valence-electron chi connectivity index (χ4n) is 4.32. The first-order valence-corrected chi connectivity index (χ1v) is 12.5. The van der Waals surface area contributed by atoms with Gasteiger partial charge in [0.25, 0.3) is 0 Å². The van der Waals surface area contributed by atoms with E-state index in [0.29, 0.717) is 16.5 Å². The van der Waals surface area contributed by atoms with Crippen molar-refractivity contribution in [2.24, 2.45) is 35.5 Å². The smallest absolute Gasteiger partial charge is 0.314 e. The van der Waals surface area contributed by atoms with Crippen molar-refractivity contribution in [2.75, 3.05) is 13.6 Å². The largest absolute Gasteiger partial charge is 0.428 e. The van der Waals surface area contributed by atoms with Crippen LogP contribution in [-0.2, 0) is 49.5 Å². The van der Waals surface area contributed by atoms with Crippen LogP contribution in [0.4, 0.5) is 0 Å². The molecule has 2 aliphatic rings. The van der Waals surface area contributed by atoms with Gasteiger partial charge in [-0.15, -0.1) is 0 Å². The van der Waals surface area contributed by atoms with E-state index < -0.39 is 55.4 Å². The molecule has 0 spiro atoms. The third-order valence-corrected chi connectivity index (χ3v) is 7.03. The lowest BCUT2D eigenvalue weighted by Gasteiger charge is -2.23. The average Bonchev–Trinajstić information content (AvgIpc) is 3.39. The minimum Gasteiger partial charge on any atom is -0.428 e. The van der Waals surface area contributed by atoms with Crippen molar-refractivity contribution in [1.82, 2.24) is 0 Å². The highest BCUT2D eigenvalue weighted by Gasteiger charge is 2.68. The highest BCUT2D eigenvalue weighted by atomic mass is 35.5. The van der Waals surface area contributed by atoms with Crippen molar-refractivity contribution in [1.29, 1.82) is 0 Å². The first-order chi connectivity index (χ1) is 17.0. The molecule has 0 aromatic heterocycles. The monoisotopic (exact) mass is 544 g/mol. The summed E-state index contributed by atoms with van der Waals surface area (Å²) in [7, 11) is 0. The van der Waals surface area contributed by atoms with Gasteiger partial charge in [-0.05, 0) is 36.0 Å². The summed E-state index contributed by atoms with van der Waals surface area (Å²) in [5, 5.41) is 0.802. The molecule has 0 saturated heterocycles. The van der Waals surface area contributed by atoms with Crippen molar-refractivity contribution in [3.63, 3.8) is 0 Å². The summed E-state index contributed by atoms with van der Waals surface area (Å²) in [5.41, 5.74) is 0.769. The van der Waals surface area contributed by atoms with Gasteiger partial charge in [0.15, 0.2) is 0 Å². The number of hydrogen-bond acceptors (Lipinski definition) is 9. The van der Waals surface area contributed by atoms with Crippen LogP contribution in [0, 0.1) is 35.5 Å². The highest BCUT2D eigenvalue weighted by Crippen LogP contribution is 2.62. The summed E-state index contributed by atoms with van der Waals surface area (Å²) in [4.78, 5) is 48.8. The first kappa shape index (κ1) is 28.2. The van der Waals surface area contributed by atoms with E-state index >= 15 is 0 Å². The molecule has 0 radical (unpaired) electrons. The standard InChI is InChI=1S/C25H30Cl2O9/c1-12(2)22(28)33-10-35-24(30)20-15-8-18(32-9-14-5-6-16(26)17(27)7-14)21(19(15)20)25(31)36-11-34-23(29)13(3)4/h5-7,12-13,15,18-21H,8-11H2,1-4H3/t15?,18-,19?,20+,21-/m1/s1. The number of carbonyl (C=O) groups excluding carboxylic acids is 4. The van der Waals surface area contributed by atoms with Crippen LogP contribution in [0.15, 0.2) is 18.2 Å². The van der Waals surface area contributed by atoms with E-state index in [1.165, 1.54) is 0 Å². The molecule has 2 unspecified atom stereocenters. The Bertz CT molecular complexity index is 994. The molecule has 11 heteroatoms. The van der Waals surface area contributed by atoms with Gasteiger partial charge in [-0.2, -0.15) is 0 Å². The summed E-state index contributed by atoms with van der Waals surface area (Å²) < 4.78 is 26.2. The number of rotatable bonds is 11. The Morgan fingerprint density at radius 1 is 0.833 bits per heavy atom. The zero-order valence-electron chi connectivity index (χ0n) is 20.5. The lowest BCUT2D eigenvalue weighted by atomic mass is 9.97. The van der Waals surface area contributed by atoms with Crippen molar-refractivity contribution in [2.45, 2.75) is 46.8 Å². The molecule has 198 valence electrons. The fourth-order valence-corrected chi connectivity index (χ4v) is 4.64. The van der Waals surface area contributed by atoms with Gasteiger partial charge in [-0.1, -0.05) is 57.0 Å². The van der Waals surface area contributed by atoms with Crippen LogP contribution in [0.2, 0.25) is 10.0 Å². The zero-order valence-corrected chi connectivity index (χ0v) is 22.0. The Morgan fingerprint density at radius 2 is 1.39 bits per heavy atom. The van der Waals surface area contributed by atoms with Crippen LogP contribution in [-0.4, -0.2) is 43.6 Å². The average molecular weight is 545 g/mol. The van der Waals surface area contributed by atoms with Gasteiger partial charge in [-0.25, -0.2) is 0 Å². The van der Waals surface area contributed by atoms with Crippen LogP contribution in [0.1, 0.15) is 39.7 Å². The Hall–Kier alpha value is -2.36. The van der Waals surface area contributed by atoms with Crippen LogP contribution in [0.3, 0.4) is 0 Å². The third-order valence-electron chi connectivity index (χ3n) is 6.29. The molecule has 1 aromatic rings. The lowest BCUT2D eigenvalue weighted by molar-refractivity contribution is -0.176. The molecule has 0 aliphatic heterocycles. The molecule has 2 aliphatic carbocycles. The molecule has 36 heavy (non-hydrogen) atoms. The number of carbonyl (C=O) groups is 4.